The second kappa shape index (κ2) is 6.54. The monoisotopic (exact) mass is 243 g/mol. The molecule has 16 heavy (non-hydrogen) atoms. The van der Waals surface area contributed by atoms with Gasteiger partial charge in [0.2, 0.25) is 0 Å². The molecule has 0 aliphatic rings. The van der Waals surface area contributed by atoms with Gasteiger partial charge in [-0.15, -0.1) is 0 Å². The van der Waals surface area contributed by atoms with Gasteiger partial charge in [0, 0.05) is 19.0 Å². The number of amidine groups is 1. The third kappa shape index (κ3) is 5.76. The van der Waals surface area contributed by atoms with E-state index in [-0.39, 0.29) is 18.3 Å². The zero-order valence-electron chi connectivity index (χ0n) is 8.83. The molecule has 96 valence electrons. The highest BCUT2D eigenvalue weighted by atomic mass is 19.4. The normalized spacial score (nSPS) is 17.2. The summed E-state index contributed by atoms with van der Waals surface area (Å²) in [7, 11) is 0. The number of alkyl halides is 3. The topological polar surface area (TPSA) is 90.9 Å². The van der Waals surface area contributed by atoms with Crippen molar-refractivity contribution in [3.63, 3.8) is 0 Å². The maximum absolute atomic E-state index is 12.0. The maximum atomic E-state index is 12.0. The molecule has 0 amide bonds. The van der Waals surface area contributed by atoms with Gasteiger partial charge in [-0.1, -0.05) is 12.1 Å². The van der Waals surface area contributed by atoms with Gasteiger partial charge in [0.15, 0.2) is 6.10 Å². The molecule has 0 aliphatic heterocycles. The average Bonchev–Trinajstić information content (AvgIpc) is 2.21. The van der Waals surface area contributed by atoms with Crippen molar-refractivity contribution in [2.24, 2.45) is 10.9 Å². The first-order valence-electron chi connectivity index (χ1n) is 4.75. The highest BCUT2D eigenvalue weighted by molar-refractivity contribution is 5.80. The molecular formula is C8H16F3N3O2. The van der Waals surface area contributed by atoms with Gasteiger partial charge in [-0.2, -0.15) is 13.2 Å². The predicted octanol–water partition coefficient (Wildman–Crippen LogP) is 0.414. The van der Waals surface area contributed by atoms with Crippen LogP contribution in [0.15, 0.2) is 5.16 Å². The Bertz CT molecular complexity index is 233. The number of nitrogens with one attached hydrogen (secondary N) is 1. The van der Waals surface area contributed by atoms with Crippen LogP contribution >= 0.6 is 0 Å². The fraction of sp³-hybridized carbons (Fsp3) is 0.875. The molecule has 2 atom stereocenters. The molecule has 0 fully saturated rings. The van der Waals surface area contributed by atoms with Gasteiger partial charge < -0.3 is 21.4 Å². The van der Waals surface area contributed by atoms with E-state index in [9.17, 15) is 13.2 Å². The number of nitrogens with zero attached hydrogens (tertiary/aromatic N) is 1. The third-order valence-corrected chi connectivity index (χ3v) is 2.05. The number of oxime groups is 1. The number of hydrogen-bond acceptors (Lipinski definition) is 4. The van der Waals surface area contributed by atoms with Gasteiger partial charge in [0.1, 0.15) is 5.84 Å². The molecule has 0 saturated carbocycles. The maximum Gasteiger partial charge on any atom is 0.415 e. The van der Waals surface area contributed by atoms with Crippen molar-refractivity contribution in [3.05, 3.63) is 0 Å². The number of aliphatic hydroxyl groups is 1. The lowest BCUT2D eigenvalue weighted by Crippen LogP contribution is -2.43. The predicted molar refractivity (Wildman–Crippen MR) is 52.2 cm³/mol. The van der Waals surface area contributed by atoms with Gasteiger partial charge in [-0.3, -0.25) is 0 Å². The Labute approximate surface area is 91.1 Å². The summed E-state index contributed by atoms with van der Waals surface area (Å²) in [6.07, 6.45) is -6.42. The lowest BCUT2D eigenvalue weighted by Gasteiger charge is -2.20. The van der Waals surface area contributed by atoms with E-state index in [2.05, 4.69) is 10.5 Å². The van der Waals surface area contributed by atoms with E-state index in [1.165, 1.54) is 0 Å². The van der Waals surface area contributed by atoms with Crippen LogP contribution < -0.4 is 11.1 Å². The number of hydrogen-bond donors (Lipinski definition) is 4. The van der Waals surface area contributed by atoms with Crippen LogP contribution in [0.5, 0.6) is 0 Å². The number of nitrogens with two attached hydrogens (primary N) is 1. The van der Waals surface area contributed by atoms with E-state index >= 15 is 0 Å². The van der Waals surface area contributed by atoms with Crippen LogP contribution in [-0.4, -0.2) is 41.0 Å². The van der Waals surface area contributed by atoms with Crippen molar-refractivity contribution in [2.45, 2.75) is 38.1 Å². The molecule has 0 aromatic rings. The SMILES string of the molecule is CCC(CC(N)=NO)NCC(O)C(F)(F)F. The number of aliphatic hydroxyl groups excluding tert-OH is 1. The van der Waals surface area contributed by atoms with Crippen molar-refractivity contribution in [2.75, 3.05) is 6.54 Å². The van der Waals surface area contributed by atoms with Crippen LogP contribution in [0, 0.1) is 0 Å². The zero-order chi connectivity index (χ0) is 12.8. The van der Waals surface area contributed by atoms with Gasteiger partial charge in [-0.25, -0.2) is 0 Å². The Kier molecular flexibility index (Phi) is 6.12. The smallest absolute Gasteiger partial charge is 0.409 e. The lowest BCUT2D eigenvalue weighted by molar-refractivity contribution is -0.202. The summed E-state index contributed by atoms with van der Waals surface area (Å²) in [6, 6.07) is -0.368. The summed E-state index contributed by atoms with van der Waals surface area (Å²) in [6.45, 7) is 1.13. The fourth-order valence-corrected chi connectivity index (χ4v) is 1.05. The number of rotatable bonds is 6. The van der Waals surface area contributed by atoms with E-state index in [0.29, 0.717) is 6.42 Å². The van der Waals surface area contributed by atoms with Crippen LogP contribution in [-0.2, 0) is 0 Å². The second-order valence-electron chi connectivity index (χ2n) is 3.37. The quantitative estimate of drug-likeness (QED) is 0.235. The summed E-state index contributed by atoms with van der Waals surface area (Å²) in [4.78, 5) is 0. The molecule has 5 N–H and O–H groups in total. The first-order chi connectivity index (χ1) is 7.31. The molecule has 0 rings (SSSR count). The van der Waals surface area contributed by atoms with Crippen LogP contribution in [0.3, 0.4) is 0 Å². The standard InChI is InChI=1S/C8H16F3N3O2/c1-2-5(3-7(12)14-16)13-4-6(15)8(9,10)11/h5-6,13,15-16H,2-4H2,1H3,(H2,12,14). The van der Waals surface area contributed by atoms with E-state index in [1.54, 1.807) is 6.92 Å². The van der Waals surface area contributed by atoms with Crippen LogP contribution in [0.2, 0.25) is 0 Å². The molecule has 0 radical (unpaired) electrons. The molecule has 0 aliphatic carbocycles. The lowest BCUT2D eigenvalue weighted by atomic mass is 10.1. The molecule has 8 heteroatoms. The van der Waals surface area contributed by atoms with Crippen LogP contribution in [0.1, 0.15) is 19.8 Å². The molecule has 0 aromatic heterocycles. The highest BCUT2D eigenvalue weighted by Gasteiger charge is 2.38. The molecule has 2 unspecified atom stereocenters. The molecule has 0 saturated heterocycles. The van der Waals surface area contributed by atoms with Gasteiger partial charge in [0.05, 0.1) is 0 Å². The van der Waals surface area contributed by atoms with Crippen LogP contribution in [0.25, 0.3) is 0 Å². The summed E-state index contributed by atoms with van der Waals surface area (Å²) in [5.41, 5.74) is 5.22. The fourth-order valence-electron chi connectivity index (χ4n) is 1.05. The largest absolute Gasteiger partial charge is 0.415 e. The molecule has 0 bridgehead atoms. The minimum atomic E-state index is -4.64. The van der Waals surface area contributed by atoms with Gasteiger partial charge in [0.25, 0.3) is 0 Å². The zero-order valence-corrected chi connectivity index (χ0v) is 8.83. The van der Waals surface area contributed by atoms with Crippen molar-refractivity contribution in [1.29, 1.82) is 0 Å². The Morgan fingerprint density at radius 3 is 2.44 bits per heavy atom. The van der Waals surface area contributed by atoms with E-state index in [4.69, 9.17) is 16.0 Å². The van der Waals surface area contributed by atoms with E-state index in [1.807, 2.05) is 0 Å². The number of halogens is 3. The van der Waals surface area contributed by atoms with Gasteiger partial charge >= 0.3 is 6.18 Å². The Balaban J connectivity index is 4.06. The summed E-state index contributed by atoms with van der Waals surface area (Å²) in [5.74, 6) is -0.0687. The van der Waals surface area contributed by atoms with E-state index in [0.717, 1.165) is 0 Å². The van der Waals surface area contributed by atoms with Crippen LogP contribution in [0.4, 0.5) is 13.2 Å². The molecular weight excluding hydrogens is 227 g/mol. The van der Waals surface area contributed by atoms with Crippen molar-refractivity contribution in [1.82, 2.24) is 5.32 Å². The molecule has 5 nitrogen and oxygen atoms in total. The Morgan fingerprint density at radius 1 is 1.50 bits per heavy atom. The Hall–Kier alpha value is -1.02. The van der Waals surface area contributed by atoms with Crippen molar-refractivity contribution in [3.8, 4) is 0 Å². The summed E-state index contributed by atoms with van der Waals surface area (Å²) in [5, 5.41) is 22.2. The molecule has 0 heterocycles. The summed E-state index contributed by atoms with van der Waals surface area (Å²) < 4.78 is 35.9. The van der Waals surface area contributed by atoms with Gasteiger partial charge in [-0.05, 0) is 6.42 Å². The third-order valence-electron chi connectivity index (χ3n) is 2.05. The first-order valence-corrected chi connectivity index (χ1v) is 4.75. The Morgan fingerprint density at radius 2 is 2.06 bits per heavy atom. The minimum absolute atomic E-state index is 0.0687. The summed E-state index contributed by atoms with van der Waals surface area (Å²) >= 11 is 0. The van der Waals surface area contributed by atoms with Crippen molar-refractivity contribution < 1.29 is 23.5 Å². The molecule has 0 aromatic carbocycles. The molecule has 0 spiro atoms. The van der Waals surface area contributed by atoms with Crippen molar-refractivity contribution >= 4 is 5.84 Å². The average molecular weight is 243 g/mol. The second-order valence-corrected chi connectivity index (χ2v) is 3.37. The van der Waals surface area contributed by atoms with E-state index < -0.39 is 18.8 Å². The first kappa shape index (κ1) is 15.0. The highest BCUT2D eigenvalue weighted by Crippen LogP contribution is 2.19. The minimum Gasteiger partial charge on any atom is -0.409 e.